The van der Waals surface area contributed by atoms with Crippen LogP contribution in [-0.2, 0) is 23.3 Å². The number of allylic oxidation sites excluding steroid dienone is 4. The van der Waals surface area contributed by atoms with Crippen LogP contribution in [0.4, 0.5) is 13.6 Å². The molecular formula is C22H28F2N3O6P. The van der Waals surface area contributed by atoms with Gasteiger partial charge < -0.3 is 23.8 Å². The van der Waals surface area contributed by atoms with Crippen LogP contribution in [0.25, 0.3) is 0 Å². The average Bonchev–Trinajstić information content (AvgIpc) is 3.19. The molecule has 4 unspecified atom stereocenters. The Morgan fingerprint density at radius 1 is 1.29 bits per heavy atom. The molecule has 4 rings (SSSR count). The van der Waals surface area contributed by atoms with Crippen molar-refractivity contribution < 1.29 is 36.9 Å². The summed E-state index contributed by atoms with van der Waals surface area (Å²) in [4.78, 5) is 25.2. The van der Waals surface area contributed by atoms with Crippen molar-refractivity contribution in [2.45, 2.75) is 69.4 Å². The van der Waals surface area contributed by atoms with Crippen LogP contribution in [0.15, 0.2) is 48.5 Å². The van der Waals surface area contributed by atoms with Crippen molar-refractivity contribution in [1.82, 2.24) is 15.3 Å². The number of hydrogen-bond acceptors (Lipinski definition) is 7. The molecule has 34 heavy (non-hydrogen) atoms. The van der Waals surface area contributed by atoms with E-state index in [9.17, 15) is 18.4 Å². The molecule has 0 aromatic heterocycles. The van der Waals surface area contributed by atoms with Crippen LogP contribution in [0.2, 0.25) is 0 Å². The number of nitrogens with zero attached hydrogens (tertiary/aromatic N) is 1. The first-order chi connectivity index (χ1) is 16.0. The van der Waals surface area contributed by atoms with E-state index in [1.807, 2.05) is 12.2 Å². The Labute approximate surface area is 197 Å². The van der Waals surface area contributed by atoms with Crippen molar-refractivity contribution in [3.8, 4) is 0 Å². The van der Waals surface area contributed by atoms with Crippen molar-refractivity contribution in [1.29, 1.82) is 0 Å². The van der Waals surface area contributed by atoms with Crippen LogP contribution < -0.4 is 10.4 Å². The fourth-order valence-corrected chi connectivity index (χ4v) is 5.21. The van der Waals surface area contributed by atoms with Crippen molar-refractivity contribution >= 4 is 20.5 Å². The van der Waals surface area contributed by atoms with Gasteiger partial charge in [-0.2, -0.15) is 0 Å². The number of carbonyl (C=O) groups excluding carboxylic acids is 2. The molecule has 2 saturated heterocycles. The van der Waals surface area contributed by atoms with Gasteiger partial charge in [-0.15, -0.1) is 0 Å². The first-order valence-corrected chi connectivity index (χ1v) is 12.2. The number of cyclic esters (lactones) is 1. The highest BCUT2D eigenvalue weighted by Crippen LogP contribution is 2.44. The topological polar surface area (TPSA) is 98.4 Å². The van der Waals surface area contributed by atoms with Crippen molar-refractivity contribution in [3.05, 3.63) is 48.5 Å². The number of nitrogens with one attached hydrogen (secondary N) is 2. The van der Waals surface area contributed by atoms with Crippen molar-refractivity contribution in [2.75, 3.05) is 6.61 Å². The lowest BCUT2D eigenvalue weighted by atomic mass is 10.0. The van der Waals surface area contributed by atoms with Crippen LogP contribution >= 0.6 is 8.53 Å². The predicted octanol–water partition coefficient (Wildman–Crippen LogP) is 3.97. The molecule has 3 aliphatic heterocycles. The van der Waals surface area contributed by atoms with E-state index >= 15 is 0 Å². The minimum atomic E-state index is -3.29. The van der Waals surface area contributed by atoms with E-state index < -0.39 is 56.8 Å². The summed E-state index contributed by atoms with van der Waals surface area (Å²) in [6, 6.07) is -1.40. The number of halogens is 2. The summed E-state index contributed by atoms with van der Waals surface area (Å²) in [6.07, 6.45) is 6.96. The molecule has 9 nitrogen and oxygen atoms in total. The maximum absolute atomic E-state index is 14.7. The maximum Gasteiger partial charge on any atom is 0.328 e. The summed E-state index contributed by atoms with van der Waals surface area (Å²) in [7, 11) is -1.87. The lowest BCUT2D eigenvalue weighted by molar-refractivity contribution is -0.147. The number of rotatable bonds is 8. The molecule has 0 saturated carbocycles. The average molecular weight is 499 g/mol. The van der Waals surface area contributed by atoms with Crippen LogP contribution in [0.1, 0.15) is 39.5 Å². The Morgan fingerprint density at radius 2 is 2.09 bits per heavy atom. The third kappa shape index (κ3) is 5.83. The number of hydrogen-bond donors (Lipinski definition) is 2. The van der Waals surface area contributed by atoms with Gasteiger partial charge in [0.15, 0.2) is 0 Å². The van der Waals surface area contributed by atoms with Gasteiger partial charge in [-0.05, 0) is 44.9 Å². The normalized spacial score (nSPS) is 30.7. The molecule has 2 N–H and O–H groups in total. The van der Waals surface area contributed by atoms with E-state index in [0.29, 0.717) is 17.9 Å². The molecule has 0 spiro atoms. The van der Waals surface area contributed by atoms with Crippen LogP contribution in [0.3, 0.4) is 0 Å². The zero-order valence-corrected chi connectivity index (χ0v) is 19.9. The number of carbonyl (C=O) groups is 2. The Bertz CT molecular complexity index is 938. The van der Waals surface area contributed by atoms with Crippen molar-refractivity contribution in [2.24, 2.45) is 0 Å². The summed E-state index contributed by atoms with van der Waals surface area (Å²) < 4.78 is 52.0. The molecule has 2 fully saturated rings. The number of amides is 2. The maximum atomic E-state index is 14.7. The van der Waals surface area contributed by atoms with E-state index in [2.05, 4.69) is 17.0 Å². The second-order valence-electron chi connectivity index (χ2n) is 9.05. The minimum Gasteiger partial charge on any atom is -0.458 e. The highest BCUT2D eigenvalue weighted by molar-refractivity contribution is 7.45. The molecule has 2 amide bonds. The van der Waals surface area contributed by atoms with Crippen LogP contribution in [0.5, 0.6) is 0 Å². The number of urea groups is 1. The zero-order valence-electron chi connectivity index (χ0n) is 19.0. The SMILES string of the molecule is C=C1C=CN(C2OC(COP(NC3CC(C)(C)OC3=O)OC3=CCCC=C3)CC2(F)F)C(=O)N1. The van der Waals surface area contributed by atoms with E-state index in [-0.39, 0.29) is 6.61 Å². The van der Waals surface area contributed by atoms with Gasteiger partial charge in [0.1, 0.15) is 17.4 Å². The Morgan fingerprint density at radius 3 is 2.74 bits per heavy atom. The third-order valence-electron chi connectivity index (χ3n) is 5.52. The lowest BCUT2D eigenvalue weighted by Crippen LogP contribution is -2.50. The fourth-order valence-electron chi connectivity index (χ4n) is 3.95. The summed E-state index contributed by atoms with van der Waals surface area (Å²) in [5, 5.41) is 5.42. The zero-order chi connectivity index (χ0) is 24.5. The second kappa shape index (κ2) is 9.73. The van der Waals surface area contributed by atoms with E-state index in [1.165, 1.54) is 12.3 Å². The number of esters is 1. The summed E-state index contributed by atoms with van der Waals surface area (Å²) >= 11 is 0. The highest BCUT2D eigenvalue weighted by atomic mass is 31.2. The largest absolute Gasteiger partial charge is 0.458 e. The molecule has 0 radical (unpaired) electrons. The molecule has 0 aromatic carbocycles. The Kier molecular flexibility index (Phi) is 7.09. The van der Waals surface area contributed by atoms with Crippen LogP contribution in [0, 0.1) is 0 Å². The van der Waals surface area contributed by atoms with E-state index in [0.717, 1.165) is 17.7 Å². The summed E-state index contributed by atoms with van der Waals surface area (Å²) in [5.41, 5.74) is -0.326. The number of alkyl halides is 2. The molecule has 3 heterocycles. The summed E-state index contributed by atoms with van der Waals surface area (Å²) in [6.45, 7) is 6.96. The van der Waals surface area contributed by atoms with Gasteiger partial charge >= 0.3 is 20.5 Å². The molecule has 4 aliphatic rings. The smallest absolute Gasteiger partial charge is 0.328 e. The third-order valence-corrected chi connectivity index (χ3v) is 6.80. The second-order valence-corrected chi connectivity index (χ2v) is 10.3. The first kappa shape index (κ1) is 24.8. The Hall–Kier alpha value is -2.33. The first-order valence-electron chi connectivity index (χ1n) is 11.0. The van der Waals surface area contributed by atoms with Gasteiger partial charge in [-0.3, -0.25) is 9.69 Å². The standard InChI is InChI=1S/C22H28F2N3O6P/c1-14-9-10-27(20(29)25-14)19-22(23,24)11-16(31-19)13-30-34(33-15-7-5-4-6-8-15)26-17-12-21(2,3)32-18(17)28/h5,7-10,16-17,19,26H,1,4,6,11-13H2,2-3H3,(H,25,29). The highest BCUT2D eigenvalue weighted by Gasteiger charge is 2.54. The van der Waals surface area contributed by atoms with Gasteiger partial charge in [0, 0.05) is 24.7 Å². The van der Waals surface area contributed by atoms with Gasteiger partial charge in [-0.1, -0.05) is 12.7 Å². The van der Waals surface area contributed by atoms with Gasteiger partial charge in [0.2, 0.25) is 6.23 Å². The molecule has 186 valence electrons. The minimum absolute atomic E-state index is 0.223. The Balaban J connectivity index is 1.40. The molecule has 0 aromatic rings. The molecular weight excluding hydrogens is 471 g/mol. The summed E-state index contributed by atoms with van der Waals surface area (Å²) in [5.74, 6) is -3.15. The molecule has 4 atom stereocenters. The van der Waals surface area contributed by atoms with Crippen LogP contribution in [-0.4, -0.2) is 53.4 Å². The quantitative estimate of drug-likeness (QED) is 0.385. The van der Waals surface area contributed by atoms with Gasteiger partial charge in [0.05, 0.1) is 12.7 Å². The predicted molar refractivity (Wildman–Crippen MR) is 119 cm³/mol. The number of ether oxygens (including phenoxy) is 2. The molecule has 12 heteroatoms. The monoisotopic (exact) mass is 499 g/mol. The van der Waals surface area contributed by atoms with Crippen molar-refractivity contribution in [3.63, 3.8) is 0 Å². The van der Waals surface area contributed by atoms with E-state index in [4.69, 9.17) is 18.5 Å². The van der Waals surface area contributed by atoms with E-state index in [1.54, 1.807) is 19.9 Å². The fraction of sp³-hybridized carbons (Fsp3) is 0.545. The van der Waals surface area contributed by atoms with Gasteiger partial charge in [0.25, 0.3) is 5.92 Å². The van der Waals surface area contributed by atoms with Gasteiger partial charge in [-0.25, -0.2) is 18.7 Å². The molecule has 0 bridgehead atoms. The lowest BCUT2D eigenvalue weighted by Gasteiger charge is -2.31. The molecule has 1 aliphatic carbocycles.